The van der Waals surface area contributed by atoms with Crippen molar-refractivity contribution in [3.05, 3.63) is 0 Å². The van der Waals surface area contributed by atoms with Crippen LogP contribution in [0, 0.1) is 0 Å². The SMILES string of the molecule is CC(=O)N[C@@H]1[C@@H](O)[C@H](O[C@@H]2O[C@H](CO)[C@@H](O[C@@H]3O[C@H](CO[C@H]4O[C@H](CO)[C@@H](O)[C@H](O[C@H]5O[C@H](CO)[C@@H](O)[C@H](O)[C@@H]5O)[C@@H]4O)[C@@H](O)[C@H](O[C@H]4O[C@H](CO)[C@@H](O)[C@H](O)[C@@H]4O[C@@H]4O[C@H](COS(=O)(=O)O)[C@@H](O)[C@H](O[C@@H]5O[C@@H](C)[C@@H](O)[C@@H](O)[C@@H]5O)[C@H]4NC(C)=O)[C@@H]3O)[C@H](O)[C@H]2NC(C)=O)[C@@H](CO)O[C@H]1O. The van der Waals surface area contributed by atoms with E-state index in [0.29, 0.717) is 0 Å². The number of carbonyl (C=O) groups excluding carboxylic acids is 3. The summed E-state index contributed by atoms with van der Waals surface area (Å²) in [5.41, 5.74) is 0. The van der Waals surface area contributed by atoms with Gasteiger partial charge in [-0.15, -0.1) is 0 Å². The van der Waals surface area contributed by atoms with E-state index in [-0.39, 0.29) is 0 Å². The molecule has 0 aliphatic carbocycles. The predicted molar refractivity (Wildman–Crippen MR) is 308 cm³/mol. The van der Waals surface area contributed by atoms with Gasteiger partial charge in [-0.1, -0.05) is 0 Å². The molecule has 40 atom stereocenters. The lowest BCUT2D eigenvalue weighted by Crippen LogP contribution is -2.71. The van der Waals surface area contributed by atoms with E-state index < -0.39 is 320 Å². The van der Waals surface area contributed by atoms with E-state index in [1.165, 1.54) is 6.92 Å². The Bertz CT molecular complexity index is 2760. The first-order valence-electron chi connectivity index (χ1n) is 31.6. The number of carbonyl (C=O) groups is 3. The van der Waals surface area contributed by atoms with Gasteiger partial charge >= 0.3 is 10.4 Å². The molecule has 0 aromatic carbocycles. The smallest absolute Gasteiger partial charge is 0.394 e. The molecule has 0 aromatic heterocycles. The van der Waals surface area contributed by atoms with Crippen LogP contribution in [0.1, 0.15) is 27.7 Å². The zero-order valence-electron chi connectivity index (χ0n) is 53.9. The Labute approximate surface area is 572 Å². The molecule has 47 heteroatoms. The lowest BCUT2D eigenvalue weighted by atomic mass is 9.93. The van der Waals surface area contributed by atoms with Gasteiger partial charge in [0, 0.05) is 20.8 Å². The Morgan fingerprint density at radius 2 is 0.683 bits per heavy atom. The molecule has 0 saturated carbocycles. The Balaban J connectivity index is 1.15. The topological polar surface area (TPSA) is 714 Å². The molecule has 586 valence electrons. The van der Waals surface area contributed by atoms with Crippen LogP contribution in [0.25, 0.3) is 0 Å². The third-order valence-electron chi connectivity index (χ3n) is 18.0. The maximum Gasteiger partial charge on any atom is 0.397 e. The Kier molecular flexibility index (Phi) is 29.5. The molecular weight excluding hydrogens is 1410 g/mol. The van der Waals surface area contributed by atoms with E-state index in [1.807, 2.05) is 0 Å². The minimum absolute atomic E-state index is 0.780. The van der Waals surface area contributed by atoms with Crippen molar-refractivity contribution in [3.63, 3.8) is 0 Å². The predicted octanol–water partition coefficient (Wildman–Crippen LogP) is -17.2. The summed E-state index contributed by atoms with van der Waals surface area (Å²) in [4.78, 5) is 38.0. The number of hydrogen-bond acceptors (Lipinski definition) is 42. The average molecular weight is 1500 g/mol. The average Bonchev–Trinajstić information content (AvgIpc) is 0.776. The third kappa shape index (κ3) is 19.0. The molecule has 0 bridgehead atoms. The van der Waals surface area contributed by atoms with E-state index >= 15 is 0 Å². The largest absolute Gasteiger partial charge is 0.397 e. The molecule has 0 spiro atoms. The van der Waals surface area contributed by atoms with Gasteiger partial charge in [-0.25, -0.2) is 4.18 Å². The van der Waals surface area contributed by atoms with Crippen LogP contribution in [0.5, 0.6) is 0 Å². The first-order valence-corrected chi connectivity index (χ1v) is 33.0. The van der Waals surface area contributed by atoms with Crippen molar-refractivity contribution in [2.45, 2.75) is 273 Å². The van der Waals surface area contributed by atoms with Crippen molar-refractivity contribution in [3.8, 4) is 0 Å². The van der Waals surface area contributed by atoms with Crippen LogP contribution in [0.3, 0.4) is 0 Å². The summed E-state index contributed by atoms with van der Waals surface area (Å²) >= 11 is 0. The highest BCUT2D eigenvalue weighted by atomic mass is 32.3. The fourth-order valence-corrected chi connectivity index (χ4v) is 13.0. The Hall–Kier alpha value is -3.16. The number of hydrogen-bond donors (Lipinski definition) is 25. The van der Waals surface area contributed by atoms with Crippen LogP contribution in [-0.4, -0.2) is 430 Å². The summed E-state index contributed by atoms with van der Waals surface area (Å²) in [6.07, 6.45) is -77.1. The monoisotopic (exact) mass is 1500 g/mol. The van der Waals surface area contributed by atoms with Crippen LogP contribution in [0.2, 0.25) is 0 Å². The summed E-state index contributed by atoms with van der Waals surface area (Å²) in [6.45, 7) is -3.81. The fraction of sp³-hybridized carbons (Fsp3) is 0.944. The van der Waals surface area contributed by atoms with Crippen molar-refractivity contribution < 1.29 is 210 Å². The molecule has 8 rings (SSSR count). The van der Waals surface area contributed by atoms with E-state index in [0.717, 1.165) is 20.8 Å². The van der Waals surface area contributed by atoms with Crippen LogP contribution >= 0.6 is 0 Å². The van der Waals surface area contributed by atoms with Gasteiger partial charge in [0.1, 0.15) is 189 Å². The summed E-state index contributed by atoms with van der Waals surface area (Å²) < 4.78 is 125. The highest BCUT2D eigenvalue weighted by Crippen LogP contribution is 2.39. The lowest BCUT2D eigenvalue weighted by Gasteiger charge is -2.51. The zero-order valence-corrected chi connectivity index (χ0v) is 54.7. The fourth-order valence-electron chi connectivity index (χ4n) is 12.7. The second kappa shape index (κ2) is 35.7. The van der Waals surface area contributed by atoms with E-state index in [2.05, 4.69) is 20.1 Å². The van der Waals surface area contributed by atoms with Crippen LogP contribution in [0.15, 0.2) is 0 Å². The van der Waals surface area contributed by atoms with Crippen molar-refractivity contribution >= 4 is 28.1 Å². The molecule has 101 heavy (non-hydrogen) atoms. The highest BCUT2D eigenvalue weighted by molar-refractivity contribution is 7.80. The van der Waals surface area contributed by atoms with E-state index in [4.69, 9.17) is 71.1 Å². The van der Waals surface area contributed by atoms with Gasteiger partial charge < -0.3 is 194 Å². The zero-order chi connectivity index (χ0) is 74.7. The summed E-state index contributed by atoms with van der Waals surface area (Å²) in [6, 6.07) is -5.55. The lowest BCUT2D eigenvalue weighted by molar-refractivity contribution is -0.397. The molecule has 8 heterocycles. The standard InChI is InChI=1S/C54H91N3O43S/c1-12-26(66)34(74)37(77)51(87-12)97-43-25(57-15(4)65)49(93-22(30(43)70)11-86-101(82,83)84)100-46-36(76)28(68)17(6-59)91-54(46)99-45-31(71)21(10-85-50-39(79)44(29(69)18(7-60)89-50)98-52-38(78)35(75)27(67)16(5-58)90-52)94-53(40(45)80)96-42-20(9-62)92-48(24(33(42)73)56-14(3)64)95-41-19(8-61)88-47(81)23(32(41)72)55-13(2)63/h12,16-54,58-62,66-81H,5-11H2,1-4H3,(H,55,63)(H,56,64)(H,57,65)(H,82,83,84)/t12-,16+,17+,18+,19+,20+,21+,22+,23+,24+,25+,26+,27+,28+,29+,30+,31+,32+,33+,34+,35-,36-,37-,38-,39-,40-,41+,42+,43+,44-,45-,46-,47+,48-,49-,50-,51-,52+,53-,54+/m0/s1. The third-order valence-corrected chi connectivity index (χ3v) is 18.4. The van der Waals surface area contributed by atoms with E-state index in [1.54, 1.807) is 0 Å². The summed E-state index contributed by atoms with van der Waals surface area (Å²) in [5, 5.41) is 239. The number of amides is 3. The van der Waals surface area contributed by atoms with Gasteiger partial charge in [0.15, 0.2) is 50.3 Å². The number of aliphatic hydroxyl groups is 21. The molecule has 8 fully saturated rings. The van der Waals surface area contributed by atoms with E-state index in [9.17, 15) is 135 Å². The molecule has 0 unspecified atom stereocenters. The second-order valence-corrected chi connectivity index (χ2v) is 26.2. The molecule has 3 amide bonds. The van der Waals surface area contributed by atoms with Gasteiger partial charge in [0.2, 0.25) is 17.7 Å². The molecule has 46 nitrogen and oxygen atoms in total. The maximum atomic E-state index is 13.0. The van der Waals surface area contributed by atoms with Gasteiger partial charge in [0.05, 0.1) is 52.4 Å². The number of aliphatic hydroxyl groups excluding tert-OH is 21. The van der Waals surface area contributed by atoms with Gasteiger partial charge in [-0.3, -0.25) is 18.9 Å². The molecule has 8 aliphatic rings. The van der Waals surface area contributed by atoms with Crippen molar-refractivity contribution in [2.75, 3.05) is 46.2 Å². The van der Waals surface area contributed by atoms with Crippen molar-refractivity contribution in [1.29, 1.82) is 0 Å². The van der Waals surface area contributed by atoms with Crippen LogP contribution < -0.4 is 16.0 Å². The molecule has 25 N–H and O–H groups in total. The quantitative estimate of drug-likeness (QED) is 0.0358. The first-order chi connectivity index (χ1) is 47.5. The Morgan fingerprint density at radius 3 is 1.25 bits per heavy atom. The number of ether oxygens (including phenoxy) is 15. The first kappa shape index (κ1) is 83.5. The van der Waals surface area contributed by atoms with Crippen LogP contribution in [0.4, 0.5) is 0 Å². The minimum Gasteiger partial charge on any atom is -0.394 e. The Morgan fingerprint density at radius 1 is 0.327 bits per heavy atom. The summed E-state index contributed by atoms with van der Waals surface area (Å²) in [5.74, 6) is -2.72. The van der Waals surface area contributed by atoms with Crippen molar-refractivity contribution in [2.24, 2.45) is 0 Å². The maximum absolute atomic E-state index is 13.0. The van der Waals surface area contributed by atoms with Gasteiger partial charge in [0.25, 0.3) is 0 Å². The molecule has 8 saturated heterocycles. The molecular formula is C54H91N3O43S. The second-order valence-electron chi connectivity index (χ2n) is 25.1. The number of nitrogens with one attached hydrogen (secondary N) is 3. The molecule has 8 aliphatic heterocycles. The molecule has 0 radical (unpaired) electrons. The minimum atomic E-state index is -5.40. The van der Waals surface area contributed by atoms with Gasteiger partial charge in [-0.2, -0.15) is 8.42 Å². The number of rotatable bonds is 26. The van der Waals surface area contributed by atoms with Gasteiger partial charge in [-0.05, 0) is 6.92 Å². The molecule has 0 aromatic rings. The summed E-state index contributed by atoms with van der Waals surface area (Å²) in [7, 11) is -5.40. The van der Waals surface area contributed by atoms with Crippen LogP contribution in [-0.2, 0) is 100 Å². The highest BCUT2D eigenvalue weighted by Gasteiger charge is 2.60. The normalized spacial score (nSPS) is 48.6. The van der Waals surface area contributed by atoms with Crippen molar-refractivity contribution in [1.82, 2.24) is 16.0 Å².